The molecular weight excluding hydrogens is 350 g/mol. The Bertz CT molecular complexity index is 874. The summed E-state index contributed by atoms with van der Waals surface area (Å²) in [6.07, 6.45) is 1.74. The molecule has 0 atom stereocenters. The molecule has 0 aliphatic heterocycles. The Morgan fingerprint density at radius 3 is 2.43 bits per heavy atom. The van der Waals surface area contributed by atoms with Crippen LogP contribution < -0.4 is 0 Å². The Balaban J connectivity index is 0.000000160. The summed E-state index contributed by atoms with van der Waals surface area (Å²) in [7, 11) is 0. The number of hydrogen-bond donors (Lipinski definition) is 1. The van der Waals surface area contributed by atoms with Crippen LogP contribution in [0.4, 0.5) is 0 Å². The fourth-order valence-corrected chi connectivity index (χ4v) is 2.45. The van der Waals surface area contributed by atoms with Crippen molar-refractivity contribution < 1.29 is 0 Å². The van der Waals surface area contributed by atoms with Crippen LogP contribution in [0.15, 0.2) is 65.4 Å². The Morgan fingerprint density at radius 2 is 1.71 bits per heavy atom. The predicted molar refractivity (Wildman–Crippen MR) is 90.5 cm³/mol. The van der Waals surface area contributed by atoms with Crippen molar-refractivity contribution in [1.82, 2.24) is 15.0 Å². The first-order chi connectivity index (χ1) is 10.2. The quantitative estimate of drug-likeness (QED) is 0.437. The molecule has 3 nitrogen and oxygen atoms in total. The van der Waals surface area contributed by atoms with Crippen molar-refractivity contribution in [2.45, 2.75) is 0 Å². The van der Waals surface area contributed by atoms with Crippen LogP contribution in [-0.4, -0.2) is 15.0 Å². The van der Waals surface area contributed by atoms with Crippen molar-refractivity contribution in [1.29, 1.82) is 0 Å². The van der Waals surface area contributed by atoms with Crippen molar-refractivity contribution >= 4 is 49.5 Å². The van der Waals surface area contributed by atoms with E-state index in [-0.39, 0.29) is 0 Å². The normalized spacial score (nSPS) is 10.4. The largest absolute Gasteiger partial charge is 0.353 e. The number of rotatable bonds is 0. The average Bonchev–Trinajstić information content (AvgIpc) is 2.87. The molecule has 0 spiro atoms. The highest BCUT2D eigenvalue weighted by Crippen LogP contribution is 2.24. The summed E-state index contributed by atoms with van der Waals surface area (Å²) in [6.45, 7) is 0. The highest BCUT2D eigenvalue weighted by atomic mass is 79.9. The second-order valence-electron chi connectivity index (χ2n) is 4.35. The lowest BCUT2D eigenvalue weighted by Gasteiger charge is -1.90. The topological polar surface area (TPSA) is 41.6 Å². The molecule has 0 aliphatic rings. The van der Waals surface area contributed by atoms with Gasteiger partial charge in [-0.15, -0.1) is 0 Å². The third kappa shape index (κ3) is 3.23. The molecule has 104 valence electrons. The van der Waals surface area contributed by atoms with Crippen LogP contribution >= 0.6 is 27.5 Å². The molecule has 0 aliphatic carbocycles. The third-order valence-corrected chi connectivity index (χ3v) is 3.62. The Hall–Kier alpha value is -1.91. The first kappa shape index (κ1) is 14.0. The molecule has 3 heterocycles. The van der Waals surface area contributed by atoms with Crippen LogP contribution in [0.2, 0.25) is 5.15 Å². The van der Waals surface area contributed by atoms with Gasteiger partial charge in [0.05, 0.1) is 11.0 Å². The van der Waals surface area contributed by atoms with Gasteiger partial charge in [-0.1, -0.05) is 35.9 Å². The monoisotopic (exact) mass is 359 g/mol. The molecule has 0 amide bonds. The maximum atomic E-state index is 5.85. The van der Waals surface area contributed by atoms with Crippen molar-refractivity contribution in [2.75, 3.05) is 0 Å². The van der Waals surface area contributed by atoms with Gasteiger partial charge in [-0.05, 0) is 46.3 Å². The predicted octanol–water partition coefficient (Wildman–Crippen LogP) is 5.21. The van der Waals surface area contributed by atoms with Crippen molar-refractivity contribution in [2.24, 2.45) is 0 Å². The molecule has 1 N–H and O–H groups in total. The van der Waals surface area contributed by atoms with E-state index in [0.29, 0.717) is 5.15 Å². The number of pyridine rings is 2. The molecule has 0 saturated carbocycles. The van der Waals surface area contributed by atoms with E-state index in [0.717, 1.165) is 26.5 Å². The Morgan fingerprint density at radius 1 is 0.905 bits per heavy atom. The number of nitrogens with zero attached hydrogens (tertiary/aromatic N) is 2. The first-order valence-electron chi connectivity index (χ1n) is 6.33. The number of hydrogen-bond acceptors (Lipinski definition) is 2. The van der Waals surface area contributed by atoms with Gasteiger partial charge in [0.15, 0.2) is 0 Å². The minimum absolute atomic E-state index is 0.530. The van der Waals surface area contributed by atoms with E-state index < -0.39 is 0 Å². The van der Waals surface area contributed by atoms with E-state index in [4.69, 9.17) is 11.6 Å². The SMILES string of the molecule is Brc1ccccn1.Clc1ccc2[nH]c3ccccc3c2n1. The van der Waals surface area contributed by atoms with Gasteiger partial charge in [0.25, 0.3) is 0 Å². The maximum absolute atomic E-state index is 5.85. The summed E-state index contributed by atoms with van der Waals surface area (Å²) >= 11 is 9.05. The fraction of sp³-hybridized carbons (Fsp3) is 0. The van der Waals surface area contributed by atoms with Gasteiger partial charge < -0.3 is 4.98 Å². The third-order valence-electron chi connectivity index (χ3n) is 2.94. The second-order valence-corrected chi connectivity index (χ2v) is 5.55. The summed E-state index contributed by atoms with van der Waals surface area (Å²) in [5, 5.41) is 1.65. The smallest absolute Gasteiger partial charge is 0.129 e. The zero-order valence-electron chi connectivity index (χ0n) is 10.9. The lowest BCUT2D eigenvalue weighted by atomic mass is 10.2. The molecule has 4 aromatic rings. The molecule has 0 bridgehead atoms. The number of aromatic amines is 1. The standard InChI is InChI=1S/C11H7ClN2.C5H4BrN/c12-10-6-5-9-11(14-10)7-3-1-2-4-8(7)13-9;6-5-3-1-2-4-7-5/h1-6,13H;1-4H. The Labute approximate surface area is 135 Å². The average molecular weight is 361 g/mol. The highest BCUT2D eigenvalue weighted by Gasteiger charge is 2.04. The van der Waals surface area contributed by atoms with Gasteiger partial charge >= 0.3 is 0 Å². The fourth-order valence-electron chi connectivity index (χ4n) is 2.03. The number of H-pyrrole nitrogens is 1. The van der Waals surface area contributed by atoms with Crippen molar-refractivity contribution in [3.05, 3.63) is 70.6 Å². The van der Waals surface area contributed by atoms with E-state index in [2.05, 4.69) is 30.9 Å². The number of fused-ring (bicyclic) bond motifs is 3. The minimum Gasteiger partial charge on any atom is -0.353 e. The van der Waals surface area contributed by atoms with E-state index in [9.17, 15) is 0 Å². The second kappa shape index (κ2) is 6.24. The van der Waals surface area contributed by atoms with Crippen LogP contribution in [0, 0.1) is 0 Å². The van der Waals surface area contributed by atoms with Crippen LogP contribution in [0.25, 0.3) is 21.9 Å². The molecule has 1 aromatic carbocycles. The molecule has 5 heteroatoms. The van der Waals surface area contributed by atoms with Crippen LogP contribution in [0.5, 0.6) is 0 Å². The number of nitrogens with one attached hydrogen (secondary N) is 1. The summed E-state index contributed by atoms with van der Waals surface area (Å²) in [5.41, 5.74) is 3.06. The van der Waals surface area contributed by atoms with Gasteiger partial charge in [-0.25, -0.2) is 9.97 Å². The van der Waals surface area contributed by atoms with Crippen molar-refractivity contribution in [3.63, 3.8) is 0 Å². The van der Waals surface area contributed by atoms with Crippen molar-refractivity contribution in [3.8, 4) is 0 Å². The Kier molecular flexibility index (Phi) is 4.18. The molecule has 4 rings (SSSR count). The molecule has 0 saturated heterocycles. The summed E-state index contributed by atoms with van der Waals surface area (Å²) in [6, 6.07) is 17.5. The van der Waals surface area contributed by atoms with E-state index in [1.807, 2.05) is 48.5 Å². The lowest BCUT2D eigenvalue weighted by Crippen LogP contribution is -1.74. The van der Waals surface area contributed by atoms with Crippen LogP contribution in [0.1, 0.15) is 0 Å². The van der Waals surface area contributed by atoms with Gasteiger partial charge in [-0.2, -0.15) is 0 Å². The molecule has 3 aromatic heterocycles. The highest BCUT2D eigenvalue weighted by molar-refractivity contribution is 9.10. The van der Waals surface area contributed by atoms with Gasteiger partial charge in [0.1, 0.15) is 9.76 Å². The molecule has 0 radical (unpaired) electrons. The summed E-state index contributed by atoms with van der Waals surface area (Å²) in [4.78, 5) is 11.5. The molecule has 21 heavy (non-hydrogen) atoms. The zero-order chi connectivity index (χ0) is 14.7. The van der Waals surface area contributed by atoms with E-state index in [1.165, 1.54) is 0 Å². The number of benzene rings is 1. The maximum Gasteiger partial charge on any atom is 0.129 e. The minimum atomic E-state index is 0.530. The molecule has 0 fully saturated rings. The molecular formula is C16H11BrClN3. The zero-order valence-corrected chi connectivity index (χ0v) is 13.3. The summed E-state index contributed by atoms with van der Waals surface area (Å²) in [5.74, 6) is 0. The van der Waals surface area contributed by atoms with Gasteiger partial charge in [0, 0.05) is 17.1 Å². The van der Waals surface area contributed by atoms with Crippen LogP contribution in [0.3, 0.4) is 0 Å². The van der Waals surface area contributed by atoms with E-state index in [1.54, 1.807) is 12.3 Å². The van der Waals surface area contributed by atoms with Gasteiger partial charge in [0.2, 0.25) is 0 Å². The van der Waals surface area contributed by atoms with Crippen LogP contribution in [-0.2, 0) is 0 Å². The first-order valence-corrected chi connectivity index (χ1v) is 7.50. The number of halogens is 2. The van der Waals surface area contributed by atoms with E-state index >= 15 is 0 Å². The molecule has 0 unspecified atom stereocenters. The lowest BCUT2D eigenvalue weighted by molar-refractivity contribution is 1.28. The number of para-hydroxylation sites is 1. The number of aromatic nitrogens is 3. The van der Waals surface area contributed by atoms with Gasteiger partial charge in [-0.3, -0.25) is 0 Å². The summed E-state index contributed by atoms with van der Waals surface area (Å²) < 4.78 is 0.884.